The van der Waals surface area contributed by atoms with E-state index in [1.165, 1.54) is 0 Å². The van der Waals surface area contributed by atoms with Gasteiger partial charge in [0.15, 0.2) is 5.69 Å². The van der Waals surface area contributed by atoms with Crippen molar-refractivity contribution < 1.29 is 9.90 Å². The number of carboxylic acid groups (broad SMARTS) is 1. The minimum Gasteiger partial charge on any atom is -0.477 e. The number of anilines is 2. The topological polar surface area (TPSA) is 58.4 Å². The SMILES string of the molecule is CCc1nc2n(c1C(=O)O)CCN2c1c(C)cc(C)cc1Cl. The molecule has 1 N–H and O–H groups in total. The average Bonchev–Trinajstić information content (AvgIpc) is 2.96. The van der Waals surface area contributed by atoms with Gasteiger partial charge in [-0.25, -0.2) is 9.78 Å². The maximum atomic E-state index is 11.5. The molecule has 1 aliphatic rings. The third kappa shape index (κ3) is 2.16. The van der Waals surface area contributed by atoms with Crippen LogP contribution in [0.15, 0.2) is 12.1 Å². The molecule has 1 aromatic heterocycles. The monoisotopic (exact) mass is 319 g/mol. The molecule has 5 nitrogen and oxygen atoms in total. The molecule has 0 spiro atoms. The van der Waals surface area contributed by atoms with Gasteiger partial charge in [-0.3, -0.25) is 0 Å². The molecule has 0 amide bonds. The number of benzene rings is 1. The van der Waals surface area contributed by atoms with Crippen LogP contribution >= 0.6 is 11.6 Å². The van der Waals surface area contributed by atoms with Gasteiger partial charge in [-0.05, 0) is 37.5 Å². The number of imidazole rings is 1. The maximum Gasteiger partial charge on any atom is 0.354 e. The molecule has 22 heavy (non-hydrogen) atoms. The first kappa shape index (κ1) is 14.9. The predicted molar refractivity (Wildman–Crippen MR) is 86.5 cm³/mol. The first-order valence-corrected chi connectivity index (χ1v) is 7.68. The molecule has 3 rings (SSSR count). The Morgan fingerprint density at radius 1 is 1.36 bits per heavy atom. The van der Waals surface area contributed by atoms with Crippen molar-refractivity contribution in [2.45, 2.75) is 33.7 Å². The predicted octanol–water partition coefficient (Wildman–Crippen LogP) is 3.57. The second kappa shape index (κ2) is 5.32. The third-order valence-corrected chi connectivity index (χ3v) is 4.30. The number of halogens is 1. The van der Waals surface area contributed by atoms with E-state index in [-0.39, 0.29) is 0 Å². The summed E-state index contributed by atoms with van der Waals surface area (Å²) in [4.78, 5) is 18.1. The lowest BCUT2D eigenvalue weighted by atomic mass is 10.1. The first-order chi connectivity index (χ1) is 10.4. The van der Waals surface area contributed by atoms with Crippen LogP contribution in [0.5, 0.6) is 0 Å². The van der Waals surface area contributed by atoms with Crippen molar-refractivity contribution in [3.63, 3.8) is 0 Å². The van der Waals surface area contributed by atoms with Crippen LogP contribution in [0.25, 0.3) is 0 Å². The zero-order valence-electron chi connectivity index (χ0n) is 12.9. The fraction of sp³-hybridized carbons (Fsp3) is 0.375. The molecule has 6 heteroatoms. The van der Waals surface area contributed by atoms with Crippen molar-refractivity contribution in [3.05, 3.63) is 39.7 Å². The molecule has 0 fully saturated rings. The minimum absolute atomic E-state index is 0.292. The largest absolute Gasteiger partial charge is 0.477 e. The van der Waals surface area contributed by atoms with Gasteiger partial charge in [0.2, 0.25) is 5.95 Å². The second-order valence-electron chi connectivity index (χ2n) is 5.58. The molecule has 0 saturated carbocycles. The Morgan fingerprint density at radius 3 is 2.68 bits per heavy atom. The molecule has 1 aromatic carbocycles. The minimum atomic E-state index is -0.927. The Morgan fingerprint density at radius 2 is 2.09 bits per heavy atom. The molecule has 0 saturated heterocycles. The summed E-state index contributed by atoms with van der Waals surface area (Å²) >= 11 is 6.43. The Hall–Kier alpha value is -2.01. The summed E-state index contributed by atoms with van der Waals surface area (Å²) in [5, 5.41) is 10.1. The number of nitrogens with zero attached hydrogens (tertiary/aromatic N) is 3. The molecule has 2 heterocycles. The van der Waals surface area contributed by atoms with E-state index in [1.807, 2.05) is 31.7 Å². The Bertz CT molecular complexity index is 744. The number of aromatic nitrogens is 2. The van der Waals surface area contributed by atoms with Crippen molar-refractivity contribution in [3.8, 4) is 0 Å². The second-order valence-corrected chi connectivity index (χ2v) is 5.99. The normalized spacial score (nSPS) is 13.5. The van der Waals surface area contributed by atoms with Crippen molar-refractivity contribution >= 4 is 29.2 Å². The lowest BCUT2D eigenvalue weighted by molar-refractivity contribution is 0.0684. The van der Waals surface area contributed by atoms with Gasteiger partial charge in [0.05, 0.1) is 16.4 Å². The average molecular weight is 320 g/mol. The van der Waals surface area contributed by atoms with Crippen LogP contribution in [-0.2, 0) is 13.0 Å². The molecule has 0 bridgehead atoms. The summed E-state index contributed by atoms with van der Waals surface area (Å²) in [7, 11) is 0. The van der Waals surface area contributed by atoms with Gasteiger partial charge in [-0.1, -0.05) is 24.6 Å². The van der Waals surface area contributed by atoms with E-state index in [1.54, 1.807) is 4.57 Å². The molecule has 0 atom stereocenters. The van der Waals surface area contributed by atoms with Crippen LogP contribution in [0.4, 0.5) is 11.6 Å². The zero-order valence-corrected chi connectivity index (χ0v) is 13.6. The maximum absolute atomic E-state index is 11.5. The van der Waals surface area contributed by atoms with Gasteiger partial charge >= 0.3 is 5.97 Å². The van der Waals surface area contributed by atoms with Crippen molar-refractivity contribution in [1.29, 1.82) is 0 Å². The summed E-state index contributed by atoms with van der Waals surface area (Å²) in [5.74, 6) is -0.257. The van der Waals surface area contributed by atoms with Crippen LogP contribution in [0.3, 0.4) is 0 Å². The van der Waals surface area contributed by atoms with E-state index in [0.717, 1.165) is 16.8 Å². The highest BCUT2D eigenvalue weighted by atomic mass is 35.5. The molecular formula is C16H18ClN3O2. The Labute approximate surface area is 134 Å². The first-order valence-electron chi connectivity index (χ1n) is 7.31. The highest BCUT2D eigenvalue weighted by Gasteiger charge is 2.31. The Kier molecular flexibility index (Phi) is 3.60. The summed E-state index contributed by atoms with van der Waals surface area (Å²) in [5.41, 5.74) is 4.00. The van der Waals surface area contributed by atoms with Gasteiger partial charge in [-0.15, -0.1) is 0 Å². The number of fused-ring (bicyclic) bond motifs is 1. The van der Waals surface area contributed by atoms with E-state index in [0.29, 0.717) is 41.9 Å². The lowest BCUT2D eigenvalue weighted by Gasteiger charge is -2.20. The molecule has 2 aromatic rings. The number of aryl methyl sites for hydroxylation is 3. The fourth-order valence-electron chi connectivity index (χ4n) is 3.15. The number of aromatic carboxylic acids is 1. The van der Waals surface area contributed by atoms with Crippen LogP contribution < -0.4 is 4.90 Å². The standard InChI is InChI=1S/C16H18ClN3O2/c1-4-12-14(15(21)22)20-6-5-19(16(20)18-12)13-10(3)7-9(2)8-11(13)17/h7-8H,4-6H2,1-3H3,(H,21,22). The smallest absolute Gasteiger partial charge is 0.354 e. The molecule has 0 radical (unpaired) electrons. The summed E-state index contributed by atoms with van der Waals surface area (Å²) in [6.07, 6.45) is 0.593. The number of hydrogen-bond donors (Lipinski definition) is 1. The van der Waals surface area contributed by atoms with Gasteiger partial charge in [0.1, 0.15) is 0 Å². The van der Waals surface area contributed by atoms with Crippen molar-refractivity contribution in [2.24, 2.45) is 0 Å². The molecular weight excluding hydrogens is 302 g/mol. The van der Waals surface area contributed by atoms with Crippen molar-refractivity contribution in [1.82, 2.24) is 9.55 Å². The molecule has 0 unspecified atom stereocenters. The van der Waals surface area contributed by atoms with E-state index in [4.69, 9.17) is 11.6 Å². The number of rotatable bonds is 3. The lowest BCUT2D eigenvalue weighted by Crippen LogP contribution is -2.16. The highest BCUT2D eigenvalue weighted by molar-refractivity contribution is 6.33. The fourth-order valence-corrected chi connectivity index (χ4v) is 3.58. The van der Waals surface area contributed by atoms with Gasteiger partial charge in [0, 0.05) is 13.1 Å². The van der Waals surface area contributed by atoms with Crippen LogP contribution in [0, 0.1) is 13.8 Å². The van der Waals surface area contributed by atoms with E-state index >= 15 is 0 Å². The van der Waals surface area contributed by atoms with Gasteiger partial charge in [-0.2, -0.15) is 0 Å². The summed E-state index contributed by atoms with van der Waals surface area (Å²) in [6.45, 7) is 7.22. The van der Waals surface area contributed by atoms with Crippen LogP contribution in [0.1, 0.15) is 34.2 Å². The van der Waals surface area contributed by atoms with E-state index in [9.17, 15) is 9.90 Å². The van der Waals surface area contributed by atoms with Gasteiger partial charge < -0.3 is 14.6 Å². The number of carboxylic acids is 1. The zero-order chi connectivity index (χ0) is 16.0. The summed E-state index contributed by atoms with van der Waals surface area (Å²) < 4.78 is 1.77. The van der Waals surface area contributed by atoms with Gasteiger partial charge in [0.25, 0.3) is 0 Å². The number of hydrogen-bond acceptors (Lipinski definition) is 3. The quantitative estimate of drug-likeness (QED) is 0.939. The summed E-state index contributed by atoms with van der Waals surface area (Å²) in [6, 6.07) is 4.00. The molecule has 0 aliphatic carbocycles. The molecule has 1 aliphatic heterocycles. The Balaban J connectivity index is 2.15. The molecule has 116 valence electrons. The number of carbonyl (C=O) groups is 1. The van der Waals surface area contributed by atoms with Crippen LogP contribution in [-0.4, -0.2) is 27.2 Å². The van der Waals surface area contributed by atoms with E-state index < -0.39 is 5.97 Å². The third-order valence-electron chi connectivity index (χ3n) is 4.01. The van der Waals surface area contributed by atoms with Crippen LogP contribution in [0.2, 0.25) is 5.02 Å². The van der Waals surface area contributed by atoms with E-state index in [2.05, 4.69) is 11.1 Å². The van der Waals surface area contributed by atoms with Crippen molar-refractivity contribution in [2.75, 3.05) is 11.4 Å². The highest BCUT2D eigenvalue weighted by Crippen LogP contribution is 2.38.